The van der Waals surface area contributed by atoms with Gasteiger partial charge in [-0.25, -0.2) is 8.42 Å². The molecule has 0 amide bonds. The molecule has 0 N–H and O–H groups in total. The molecule has 0 spiro atoms. The normalized spacial score (nSPS) is 11.3. The third kappa shape index (κ3) is 2.67. The first kappa shape index (κ1) is 14.9. The maximum absolute atomic E-state index is 12.7. The Balaban J connectivity index is 2.51. The van der Waals surface area contributed by atoms with Crippen LogP contribution in [0.4, 0.5) is 5.69 Å². The minimum atomic E-state index is -3.58. The molecule has 2 aromatic rings. The smallest absolute Gasteiger partial charge is 0.264 e. The van der Waals surface area contributed by atoms with Crippen molar-refractivity contribution in [3.63, 3.8) is 0 Å². The topological polar surface area (TPSA) is 37.4 Å². The van der Waals surface area contributed by atoms with Crippen molar-refractivity contribution in [2.75, 3.05) is 11.4 Å². The van der Waals surface area contributed by atoms with Crippen LogP contribution in [0.3, 0.4) is 0 Å². The second kappa shape index (κ2) is 5.85. The molecule has 0 saturated carbocycles. The zero-order valence-corrected chi connectivity index (χ0v) is 12.9. The van der Waals surface area contributed by atoms with Gasteiger partial charge in [0.2, 0.25) is 0 Å². The molecule has 0 radical (unpaired) electrons. The van der Waals surface area contributed by atoms with E-state index in [1.54, 1.807) is 38.2 Å². The standard InChI is InChI=1S/C15H16ClNO2S/c1-12-13(11-16)7-6-10-15(12)20(18,19)17(2)14-8-4-3-5-9-14/h3-10H,11H2,1-2H3. The van der Waals surface area contributed by atoms with Crippen LogP contribution < -0.4 is 4.31 Å². The number of alkyl halides is 1. The maximum atomic E-state index is 12.7. The average molecular weight is 310 g/mol. The van der Waals surface area contributed by atoms with Crippen molar-refractivity contribution in [2.45, 2.75) is 17.7 Å². The van der Waals surface area contributed by atoms with Gasteiger partial charge in [-0.1, -0.05) is 30.3 Å². The van der Waals surface area contributed by atoms with Crippen molar-refractivity contribution >= 4 is 27.3 Å². The molecule has 0 saturated heterocycles. The summed E-state index contributed by atoms with van der Waals surface area (Å²) in [6, 6.07) is 14.2. The predicted molar refractivity (Wildman–Crippen MR) is 82.8 cm³/mol. The fourth-order valence-corrected chi connectivity index (χ4v) is 3.76. The zero-order valence-electron chi connectivity index (χ0n) is 11.4. The lowest BCUT2D eigenvalue weighted by molar-refractivity contribution is 0.593. The van der Waals surface area contributed by atoms with Crippen LogP contribution in [0.2, 0.25) is 0 Å². The Bertz CT molecular complexity index is 699. The van der Waals surface area contributed by atoms with Gasteiger partial charge in [0.05, 0.1) is 10.6 Å². The minimum absolute atomic E-state index is 0.294. The summed E-state index contributed by atoms with van der Waals surface area (Å²) in [5.74, 6) is 0.296. The van der Waals surface area contributed by atoms with Crippen LogP contribution in [0.1, 0.15) is 11.1 Å². The van der Waals surface area contributed by atoms with Crippen LogP contribution in [0.15, 0.2) is 53.4 Å². The average Bonchev–Trinajstić information content (AvgIpc) is 2.47. The fraction of sp³-hybridized carbons (Fsp3) is 0.200. The molecule has 2 aromatic carbocycles. The Morgan fingerprint density at radius 2 is 1.70 bits per heavy atom. The van der Waals surface area contributed by atoms with Gasteiger partial charge in [-0.3, -0.25) is 4.31 Å². The summed E-state index contributed by atoms with van der Waals surface area (Å²) >= 11 is 5.84. The van der Waals surface area contributed by atoms with Crippen molar-refractivity contribution in [3.05, 3.63) is 59.7 Å². The number of benzene rings is 2. The van der Waals surface area contributed by atoms with E-state index in [0.717, 1.165) is 5.56 Å². The van der Waals surface area contributed by atoms with Crippen LogP contribution in [0.25, 0.3) is 0 Å². The van der Waals surface area contributed by atoms with Crippen molar-refractivity contribution in [3.8, 4) is 0 Å². The van der Waals surface area contributed by atoms with Gasteiger partial charge in [0.25, 0.3) is 10.0 Å². The number of nitrogens with zero attached hydrogens (tertiary/aromatic N) is 1. The Labute approximate surface area is 124 Å². The number of anilines is 1. The quantitative estimate of drug-likeness (QED) is 0.810. The molecule has 0 aromatic heterocycles. The Kier molecular flexibility index (Phi) is 4.35. The first-order chi connectivity index (χ1) is 9.48. The monoisotopic (exact) mass is 309 g/mol. The number of para-hydroxylation sites is 1. The molecule has 0 heterocycles. The fourth-order valence-electron chi connectivity index (χ4n) is 2.01. The molecule has 0 fully saturated rings. The number of hydrogen-bond donors (Lipinski definition) is 0. The summed E-state index contributed by atoms with van der Waals surface area (Å²) in [4.78, 5) is 0.294. The highest BCUT2D eigenvalue weighted by molar-refractivity contribution is 7.92. The summed E-state index contributed by atoms with van der Waals surface area (Å²) < 4.78 is 26.7. The van der Waals surface area contributed by atoms with E-state index in [2.05, 4.69) is 0 Å². The summed E-state index contributed by atoms with van der Waals surface area (Å²) in [6.45, 7) is 1.78. The molecular formula is C15H16ClNO2S. The SMILES string of the molecule is Cc1c(CCl)cccc1S(=O)(=O)N(C)c1ccccc1. The third-order valence-electron chi connectivity index (χ3n) is 3.30. The minimum Gasteiger partial charge on any atom is -0.269 e. The summed E-state index contributed by atoms with van der Waals surface area (Å²) in [5, 5.41) is 0. The Morgan fingerprint density at radius 1 is 1.05 bits per heavy atom. The van der Waals surface area contributed by atoms with Gasteiger partial charge in [0.1, 0.15) is 0 Å². The van der Waals surface area contributed by atoms with E-state index in [9.17, 15) is 8.42 Å². The van der Waals surface area contributed by atoms with Crippen molar-refractivity contribution in [1.29, 1.82) is 0 Å². The lowest BCUT2D eigenvalue weighted by Crippen LogP contribution is -2.27. The highest BCUT2D eigenvalue weighted by atomic mass is 35.5. The molecule has 20 heavy (non-hydrogen) atoms. The summed E-state index contributed by atoms with van der Waals surface area (Å²) in [7, 11) is -2.03. The van der Waals surface area contributed by atoms with Gasteiger partial charge < -0.3 is 0 Å². The zero-order chi connectivity index (χ0) is 14.8. The highest BCUT2D eigenvalue weighted by Crippen LogP contribution is 2.26. The van der Waals surface area contributed by atoms with Gasteiger partial charge in [-0.15, -0.1) is 11.6 Å². The number of rotatable bonds is 4. The first-order valence-corrected chi connectivity index (χ1v) is 8.14. The molecule has 2 rings (SSSR count). The van der Waals surface area contributed by atoms with E-state index in [-0.39, 0.29) is 0 Å². The van der Waals surface area contributed by atoms with Gasteiger partial charge in [0.15, 0.2) is 0 Å². The maximum Gasteiger partial charge on any atom is 0.264 e. The van der Waals surface area contributed by atoms with Crippen LogP contribution in [-0.4, -0.2) is 15.5 Å². The molecule has 0 aliphatic rings. The molecule has 0 aliphatic carbocycles. The van der Waals surface area contributed by atoms with Crippen molar-refractivity contribution in [2.24, 2.45) is 0 Å². The van der Waals surface area contributed by atoms with E-state index in [0.29, 0.717) is 22.0 Å². The van der Waals surface area contributed by atoms with E-state index in [4.69, 9.17) is 11.6 Å². The molecular weight excluding hydrogens is 294 g/mol. The van der Waals surface area contributed by atoms with Crippen molar-refractivity contribution < 1.29 is 8.42 Å². The summed E-state index contributed by atoms with van der Waals surface area (Å²) in [5.41, 5.74) is 2.16. The second-order valence-electron chi connectivity index (χ2n) is 4.48. The van der Waals surface area contributed by atoms with Gasteiger partial charge in [0, 0.05) is 12.9 Å². The molecule has 3 nitrogen and oxygen atoms in total. The largest absolute Gasteiger partial charge is 0.269 e. The number of halogens is 1. The lowest BCUT2D eigenvalue weighted by atomic mass is 10.1. The first-order valence-electron chi connectivity index (χ1n) is 6.17. The molecule has 5 heteroatoms. The van der Waals surface area contributed by atoms with Crippen LogP contribution in [0, 0.1) is 6.92 Å². The molecule has 0 unspecified atom stereocenters. The summed E-state index contributed by atoms with van der Waals surface area (Å²) in [6.07, 6.45) is 0. The molecule has 106 valence electrons. The second-order valence-corrected chi connectivity index (χ2v) is 6.69. The van der Waals surface area contributed by atoms with Crippen LogP contribution in [0.5, 0.6) is 0 Å². The van der Waals surface area contributed by atoms with Crippen LogP contribution in [-0.2, 0) is 15.9 Å². The van der Waals surface area contributed by atoms with E-state index < -0.39 is 10.0 Å². The lowest BCUT2D eigenvalue weighted by Gasteiger charge is -2.21. The van der Waals surface area contributed by atoms with Crippen LogP contribution >= 0.6 is 11.6 Å². The number of sulfonamides is 1. The Hall–Kier alpha value is -1.52. The molecule has 0 bridgehead atoms. The van der Waals surface area contributed by atoms with Gasteiger partial charge in [-0.2, -0.15) is 0 Å². The number of hydrogen-bond acceptors (Lipinski definition) is 2. The van der Waals surface area contributed by atoms with Gasteiger partial charge in [-0.05, 0) is 36.2 Å². The van der Waals surface area contributed by atoms with E-state index >= 15 is 0 Å². The van der Waals surface area contributed by atoms with E-state index in [1.807, 2.05) is 24.3 Å². The highest BCUT2D eigenvalue weighted by Gasteiger charge is 2.23. The van der Waals surface area contributed by atoms with Crippen molar-refractivity contribution in [1.82, 2.24) is 0 Å². The Morgan fingerprint density at radius 3 is 2.30 bits per heavy atom. The molecule has 0 atom stereocenters. The predicted octanol–water partition coefficient (Wildman–Crippen LogP) is 3.56. The van der Waals surface area contributed by atoms with E-state index in [1.165, 1.54) is 4.31 Å². The molecule has 0 aliphatic heterocycles. The van der Waals surface area contributed by atoms with Gasteiger partial charge >= 0.3 is 0 Å². The third-order valence-corrected chi connectivity index (χ3v) is 5.52.